The van der Waals surface area contributed by atoms with E-state index in [0.29, 0.717) is 25.4 Å². The lowest BCUT2D eigenvalue weighted by molar-refractivity contribution is 0.0834. The lowest BCUT2D eigenvalue weighted by Crippen LogP contribution is -2.46. The summed E-state index contributed by atoms with van der Waals surface area (Å²) in [6, 6.07) is 1.72. The number of hydrogen-bond acceptors (Lipinski definition) is 4. The summed E-state index contributed by atoms with van der Waals surface area (Å²) in [6.45, 7) is 1.32. The van der Waals surface area contributed by atoms with Crippen LogP contribution in [0, 0.1) is 0 Å². The molecule has 104 valence electrons. The number of carboxylic acid groups (broad SMARTS) is 1. The minimum atomic E-state index is -0.876. The highest BCUT2D eigenvalue weighted by molar-refractivity contribution is 5.65. The van der Waals surface area contributed by atoms with Crippen molar-refractivity contribution in [3.05, 3.63) is 24.0 Å². The van der Waals surface area contributed by atoms with Crippen molar-refractivity contribution in [1.82, 2.24) is 9.88 Å². The predicted molar refractivity (Wildman–Crippen MR) is 70.0 cm³/mol. The topological polar surface area (TPSA) is 88.7 Å². The highest BCUT2D eigenvalue weighted by atomic mass is 16.5. The van der Waals surface area contributed by atoms with Gasteiger partial charge in [0.2, 0.25) is 0 Å². The van der Waals surface area contributed by atoms with Crippen molar-refractivity contribution in [3.8, 4) is 5.75 Å². The van der Waals surface area contributed by atoms with Crippen LogP contribution in [-0.2, 0) is 6.54 Å². The zero-order valence-electron chi connectivity index (χ0n) is 10.8. The number of pyridine rings is 1. The zero-order chi connectivity index (χ0) is 13.7. The molecule has 1 atom stereocenters. The molecule has 1 aromatic heterocycles. The minimum absolute atomic E-state index is 0.0860. The van der Waals surface area contributed by atoms with E-state index in [4.69, 9.17) is 15.6 Å². The Morgan fingerprint density at radius 3 is 3.16 bits per heavy atom. The molecule has 1 amide bonds. The summed E-state index contributed by atoms with van der Waals surface area (Å²) in [5.74, 6) is 0.640. The molecule has 1 fully saturated rings. The van der Waals surface area contributed by atoms with Gasteiger partial charge < -0.3 is 20.5 Å². The largest absolute Gasteiger partial charge is 0.489 e. The first-order valence-corrected chi connectivity index (χ1v) is 6.47. The van der Waals surface area contributed by atoms with Gasteiger partial charge in [0, 0.05) is 24.8 Å². The Balaban J connectivity index is 1.98. The molecule has 0 spiro atoms. The quantitative estimate of drug-likeness (QED) is 0.860. The van der Waals surface area contributed by atoms with Crippen LogP contribution >= 0.6 is 0 Å². The van der Waals surface area contributed by atoms with Crippen LogP contribution in [0.15, 0.2) is 18.5 Å². The molecule has 3 N–H and O–H groups in total. The van der Waals surface area contributed by atoms with E-state index >= 15 is 0 Å². The van der Waals surface area contributed by atoms with Gasteiger partial charge in [-0.05, 0) is 25.3 Å². The van der Waals surface area contributed by atoms with Gasteiger partial charge in [0.05, 0.1) is 12.2 Å². The molecular weight excluding hydrogens is 246 g/mol. The van der Waals surface area contributed by atoms with Crippen LogP contribution in [0.3, 0.4) is 0 Å². The van der Waals surface area contributed by atoms with Crippen LogP contribution in [0.4, 0.5) is 4.79 Å². The fraction of sp³-hybridized carbons (Fsp3) is 0.538. The second-order valence-electron chi connectivity index (χ2n) is 4.62. The zero-order valence-corrected chi connectivity index (χ0v) is 10.8. The van der Waals surface area contributed by atoms with Crippen molar-refractivity contribution in [3.63, 3.8) is 0 Å². The highest BCUT2D eigenvalue weighted by Crippen LogP contribution is 2.20. The lowest BCUT2D eigenvalue weighted by Gasteiger charge is -2.33. The first-order chi connectivity index (χ1) is 9.22. The lowest BCUT2D eigenvalue weighted by atomic mass is 10.0. The molecule has 0 radical (unpaired) electrons. The third kappa shape index (κ3) is 3.35. The van der Waals surface area contributed by atoms with Gasteiger partial charge in [0.15, 0.2) is 0 Å². The smallest absolute Gasteiger partial charge is 0.407 e. The van der Waals surface area contributed by atoms with E-state index in [1.165, 1.54) is 4.90 Å². The van der Waals surface area contributed by atoms with E-state index in [-0.39, 0.29) is 6.04 Å². The molecule has 0 saturated carbocycles. The number of piperidine rings is 1. The molecule has 1 aliphatic rings. The van der Waals surface area contributed by atoms with Crippen LogP contribution < -0.4 is 10.5 Å². The van der Waals surface area contributed by atoms with Gasteiger partial charge in [-0.2, -0.15) is 0 Å². The summed E-state index contributed by atoms with van der Waals surface area (Å²) in [7, 11) is 0. The van der Waals surface area contributed by atoms with Crippen LogP contribution in [0.2, 0.25) is 0 Å². The van der Waals surface area contributed by atoms with E-state index in [1.54, 1.807) is 12.4 Å². The number of likely N-dealkylation sites (tertiary alicyclic amines) is 1. The van der Waals surface area contributed by atoms with Crippen LogP contribution in [0.1, 0.15) is 24.8 Å². The number of ether oxygens (including phenoxy) is 1. The van der Waals surface area contributed by atoms with Gasteiger partial charge in [-0.1, -0.05) is 0 Å². The van der Waals surface area contributed by atoms with Crippen molar-refractivity contribution >= 4 is 6.09 Å². The number of carbonyl (C=O) groups is 1. The Labute approximate surface area is 112 Å². The monoisotopic (exact) mass is 265 g/mol. The maximum absolute atomic E-state index is 11.1. The van der Waals surface area contributed by atoms with E-state index in [0.717, 1.165) is 24.8 Å². The Morgan fingerprint density at radius 2 is 2.42 bits per heavy atom. The molecule has 0 unspecified atom stereocenters. The average molecular weight is 265 g/mol. The predicted octanol–water partition coefficient (Wildman–Crippen LogP) is 1.45. The summed E-state index contributed by atoms with van der Waals surface area (Å²) in [6.07, 6.45) is 5.21. The van der Waals surface area contributed by atoms with Crippen LogP contribution in [0.25, 0.3) is 0 Å². The van der Waals surface area contributed by atoms with E-state index in [2.05, 4.69) is 4.98 Å². The van der Waals surface area contributed by atoms with Crippen LogP contribution in [-0.4, -0.2) is 40.3 Å². The maximum atomic E-state index is 11.1. The standard InChI is InChI=1S/C13H19N3O3/c14-7-10-4-5-15-8-12(10)19-9-11-3-1-2-6-16(11)13(17)18/h4-5,8,11H,1-3,6-7,9,14H2,(H,17,18)/t11-/m0/s1. The van der Waals surface area contributed by atoms with Crippen molar-refractivity contribution in [2.75, 3.05) is 13.2 Å². The van der Waals surface area contributed by atoms with Crippen molar-refractivity contribution in [2.45, 2.75) is 31.8 Å². The third-order valence-corrected chi connectivity index (χ3v) is 3.39. The number of amides is 1. The molecule has 1 aliphatic heterocycles. The number of rotatable bonds is 4. The Kier molecular flexibility index (Phi) is 4.57. The summed E-state index contributed by atoms with van der Waals surface area (Å²) >= 11 is 0. The summed E-state index contributed by atoms with van der Waals surface area (Å²) in [5, 5.41) is 9.14. The van der Waals surface area contributed by atoms with Gasteiger partial charge in [0.25, 0.3) is 0 Å². The molecule has 19 heavy (non-hydrogen) atoms. The Morgan fingerprint density at radius 1 is 1.58 bits per heavy atom. The highest BCUT2D eigenvalue weighted by Gasteiger charge is 2.26. The summed E-state index contributed by atoms with van der Waals surface area (Å²) in [5.41, 5.74) is 6.50. The van der Waals surface area contributed by atoms with Gasteiger partial charge in [0.1, 0.15) is 12.4 Å². The van der Waals surface area contributed by atoms with Crippen molar-refractivity contribution < 1.29 is 14.6 Å². The molecule has 1 aromatic rings. The minimum Gasteiger partial charge on any atom is -0.489 e. The van der Waals surface area contributed by atoms with Gasteiger partial charge in [-0.15, -0.1) is 0 Å². The average Bonchev–Trinajstić information content (AvgIpc) is 2.45. The first-order valence-electron chi connectivity index (χ1n) is 6.47. The second-order valence-corrected chi connectivity index (χ2v) is 4.62. The van der Waals surface area contributed by atoms with Crippen molar-refractivity contribution in [1.29, 1.82) is 0 Å². The number of aromatic nitrogens is 1. The molecule has 2 heterocycles. The van der Waals surface area contributed by atoms with Crippen molar-refractivity contribution in [2.24, 2.45) is 5.73 Å². The maximum Gasteiger partial charge on any atom is 0.407 e. The molecule has 0 aliphatic carbocycles. The molecule has 2 rings (SSSR count). The number of nitrogens with zero attached hydrogens (tertiary/aromatic N) is 2. The van der Waals surface area contributed by atoms with Gasteiger partial charge in [-0.3, -0.25) is 4.98 Å². The second kappa shape index (κ2) is 6.38. The molecule has 0 aromatic carbocycles. The summed E-state index contributed by atoms with van der Waals surface area (Å²) < 4.78 is 5.70. The molecule has 6 heteroatoms. The molecule has 0 bridgehead atoms. The normalized spacial score (nSPS) is 19.2. The number of nitrogens with two attached hydrogens (primary N) is 1. The molecule has 1 saturated heterocycles. The fourth-order valence-electron chi connectivity index (χ4n) is 2.32. The summed E-state index contributed by atoms with van der Waals surface area (Å²) in [4.78, 5) is 16.6. The molecular formula is C13H19N3O3. The fourth-order valence-corrected chi connectivity index (χ4v) is 2.32. The van der Waals surface area contributed by atoms with Crippen LogP contribution in [0.5, 0.6) is 5.75 Å². The first kappa shape index (κ1) is 13.6. The third-order valence-electron chi connectivity index (χ3n) is 3.39. The van der Waals surface area contributed by atoms with Gasteiger partial charge in [-0.25, -0.2) is 4.79 Å². The Hall–Kier alpha value is -1.82. The van der Waals surface area contributed by atoms with Gasteiger partial charge >= 0.3 is 6.09 Å². The van der Waals surface area contributed by atoms with E-state index in [1.807, 2.05) is 6.07 Å². The molecule has 6 nitrogen and oxygen atoms in total. The van der Waals surface area contributed by atoms with E-state index < -0.39 is 6.09 Å². The van der Waals surface area contributed by atoms with E-state index in [9.17, 15) is 4.79 Å². The number of hydrogen-bond donors (Lipinski definition) is 2. The SMILES string of the molecule is NCc1ccncc1OC[C@@H]1CCCCN1C(=O)O. The Bertz CT molecular complexity index is 439.